The molecule has 2 unspecified atom stereocenters. The van der Waals surface area contributed by atoms with Gasteiger partial charge in [0, 0.05) is 5.92 Å². The van der Waals surface area contributed by atoms with E-state index in [-0.39, 0.29) is 17.8 Å². The summed E-state index contributed by atoms with van der Waals surface area (Å²) < 4.78 is 4.72. The van der Waals surface area contributed by atoms with E-state index in [9.17, 15) is 9.90 Å². The Morgan fingerprint density at radius 2 is 2.09 bits per heavy atom. The van der Waals surface area contributed by atoms with E-state index in [4.69, 9.17) is 4.74 Å². The minimum Gasteiger partial charge on any atom is -0.435 e. The molecule has 62 valence electrons. The van der Waals surface area contributed by atoms with Crippen molar-refractivity contribution in [2.24, 2.45) is 11.8 Å². The van der Waals surface area contributed by atoms with Crippen molar-refractivity contribution in [3.05, 3.63) is 0 Å². The Balaban J connectivity index is 2.13. The minimum atomic E-state index is -0.812. The van der Waals surface area contributed by atoms with Crippen molar-refractivity contribution in [2.75, 3.05) is 0 Å². The molecule has 2 rings (SSSR count). The van der Waals surface area contributed by atoms with Crippen LogP contribution in [0.3, 0.4) is 0 Å². The van der Waals surface area contributed by atoms with Crippen LogP contribution in [0.4, 0.5) is 0 Å². The summed E-state index contributed by atoms with van der Waals surface area (Å²) in [4.78, 5) is 11.0. The molecule has 11 heavy (non-hydrogen) atoms. The molecule has 0 aromatic rings. The molecule has 3 nitrogen and oxygen atoms in total. The number of hydrogen-bond donors (Lipinski definition) is 1. The fourth-order valence-electron chi connectivity index (χ4n) is 2.09. The van der Waals surface area contributed by atoms with E-state index < -0.39 is 6.29 Å². The Hall–Kier alpha value is -0.570. The zero-order valence-corrected chi connectivity index (χ0v) is 6.32. The first-order valence-electron chi connectivity index (χ1n) is 4.17. The third-order valence-electron chi connectivity index (χ3n) is 2.73. The van der Waals surface area contributed by atoms with Crippen molar-refractivity contribution in [1.82, 2.24) is 0 Å². The molecule has 3 heteroatoms. The number of aliphatic hydroxyl groups is 1. The lowest BCUT2D eigenvalue weighted by Gasteiger charge is -2.21. The molecule has 1 aliphatic carbocycles. The molecule has 2 fully saturated rings. The van der Waals surface area contributed by atoms with Crippen molar-refractivity contribution in [3.8, 4) is 0 Å². The van der Waals surface area contributed by atoms with Crippen LogP contribution in [0.2, 0.25) is 0 Å². The van der Waals surface area contributed by atoms with Crippen LogP contribution in [-0.4, -0.2) is 17.4 Å². The lowest BCUT2D eigenvalue weighted by Crippen LogP contribution is -2.23. The van der Waals surface area contributed by atoms with Crippen LogP contribution in [0.15, 0.2) is 0 Å². The first-order chi connectivity index (χ1) is 5.29. The Morgan fingerprint density at radius 1 is 1.36 bits per heavy atom. The standard InChI is InChI=1S/C8H12O3/c9-7-5-3-1-2-4-6(5)8(10)11-7/h5-7,9H,1-4H2/t5?,6-,7?/m0/s1. The van der Waals surface area contributed by atoms with Gasteiger partial charge < -0.3 is 9.84 Å². The summed E-state index contributed by atoms with van der Waals surface area (Å²) in [6, 6.07) is 0. The normalized spacial score (nSPS) is 43.4. The maximum atomic E-state index is 11.0. The van der Waals surface area contributed by atoms with Gasteiger partial charge in [-0.3, -0.25) is 4.79 Å². The van der Waals surface area contributed by atoms with Crippen LogP contribution >= 0.6 is 0 Å². The molecule has 1 saturated carbocycles. The lowest BCUT2D eigenvalue weighted by molar-refractivity contribution is -0.156. The molecule has 2 aliphatic rings. The van der Waals surface area contributed by atoms with Crippen molar-refractivity contribution < 1.29 is 14.6 Å². The molecular weight excluding hydrogens is 144 g/mol. The third kappa shape index (κ3) is 1.03. The Bertz CT molecular complexity index is 178. The minimum absolute atomic E-state index is 0.00116. The monoisotopic (exact) mass is 156 g/mol. The zero-order valence-electron chi connectivity index (χ0n) is 6.32. The topological polar surface area (TPSA) is 46.5 Å². The number of fused-ring (bicyclic) bond motifs is 1. The van der Waals surface area contributed by atoms with Gasteiger partial charge in [-0.15, -0.1) is 0 Å². The number of ether oxygens (including phenoxy) is 1. The number of rotatable bonds is 0. The molecule has 1 saturated heterocycles. The largest absolute Gasteiger partial charge is 0.435 e. The third-order valence-corrected chi connectivity index (χ3v) is 2.73. The van der Waals surface area contributed by atoms with Crippen molar-refractivity contribution >= 4 is 5.97 Å². The van der Waals surface area contributed by atoms with Crippen molar-refractivity contribution in [3.63, 3.8) is 0 Å². The van der Waals surface area contributed by atoms with Crippen LogP contribution in [0.25, 0.3) is 0 Å². The van der Waals surface area contributed by atoms with Crippen LogP contribution < -0.4 is 0 Å². The van der Waals surface area contributed by atoms with E-state index in [1.165, 1.54) is 0 Å². The molecule has 0 spiro atoms. The highest BCUT2D eigenvalue weighted by Crippen LogP contribution is 2.38. The van der Waals surface area contributed by atoms with Crippen LogP contribution in [0.1, 0.15) is 25.7 Å². The van der Waals surface area contributed by atoms with Gasteiger partial charge in [-0.25, -0.2) is 0 Å². The first-order valence-corrected chi connectivity index (χ1v) is 4.17. The number of hydrogen-bond acceptors (Lipinski definition) is 3. The zero-order chi connectivity index (χ0) is 7.84. The van der Waals surface area contributed by atoms with E-state index in [0.717, 1.165) is 25.7 Å². The highest BCUT2D eigenvalue weighted by molar-refractivity contribution is 5.75. The summed E-state index contributed by atoms with van der Waals surface area (Å²) in [6.07, 6.45) is 3.25. The molecule has 0 bridgehead atoms. The molecule has 1 N–H and O–H groups in total. The van der Waals surface area contributed by atoms with Gasteiger partial charge >= 0.3 is 5.97 Å². The van der Waals surface area contributed by atoms with Crippen LogP contribution in [0, 0.1) is 11.8 Å². The smallest absolute Gasteiger partial charge is 0.311 e. The van der Waals surface area contributed by atoms with Gasteiger partial charge in [-0.05, 0) is 12.8 Å². The summed E-state index contributed by atoms with van der Waals surface area (Å²) in [5.74, 6) is -0.0998. The molecular formula is C8H12O3. The second-order valence-corrected chi connectivity index (χ2v) is 3.38. The lowest BCUT2D eigenvalue weighted by atomic mass is 9.81. The van der Waals surface area contributed by atoms with Gasteiger partial charge in [-0.1, -0.05) is 12.8 Å². The molecule has 1 heterocycles. The number of esters is 1. The molecule has 0 radical (unpaired) electrons. The van der Waals surface area contributed by atoms with Crippen LogP contribution in [-0.2, 0) is 9.53 Å². The van der Waals surface area contributed by atoms with E-state index >= 15 is 0 Å². The average molecular weight is 156 g/mol. The van der Waals surface area contributed by atoms with E-state index in [0.29, 0.717) is 0 Å². The number of aliphatic hydroxyl groups excluding tert-OH is 1. The SMILES string of the molecule is O=C1OC(O)C2CCCC[C@H]12. The average Bonchev–Trinajstić information content (AvgIpc) is 2.30. The van der Waals surface area contributed by atoms with Gasteiger partial charge in [0.05, 0.1) is 5.92 Å². The number of carbonyl (C=O) groups excluding carboxylic acids is 1. The maximum Gasteiger partial charge on any atom is 0.311 e. The van der Waals surface area contributed by atoms with Crippen LogP contribution in [0.5, 0.6) is 0 Å². The highest BCUT2D eigenvalue weighted by atomic mass is 16.6. The fraction of sp³-hybridized carbons (Fsp3) is 0.875. The summed E-state index contributed by atoms with van der Waals surface area (Å²) in [5.41, 5.74) is 0. The molecule has 0 aromatic carbocycles. The maximum absolute atomic E-state index is 11.0. The molecule has 3 atom stereocenters. The number of carbonyl (C=O) groups is 1. The predicted octanol–water partition coefficient (Wildman–Crippen LogP) is 0.668. The molecule has 0 amide bonds. The Kier molecular flexibility index (Phi) is 1.60. The Morgan fingerprint density at radius 3 is 2.82 bits per heavy atom. The Labute approximate surface area is 65.4 Å². The second-order valence-electron chi connectivity index (χ2n) is 3.38. The van der Waals surface area contributed by atoms with Crippen molar-refractivity contribution in [2.45, 2.75) is 32.0 Å². The van der Waals surface area contributed by atoms with Gasteiger partial charge in [-0.2, -0.15) is 0 Å². The molecule has 1 aliphatic heterocycles. The highest BCUT2D eigenvalue weighted by Gasteiger charge is 2.44. The second kappa shape index (κ2) is 2.48. The summed E-state index contributed by atoms with van der Waals surface area (Å²) in [6.45, 7) is 0. The van der Waals surface area contributed by atoms with E-state index in [1.807, 2.05) is 0 Å². The fourth-order valence-corrected chi connectivity index (χ4v) is 2.09. The van der Waals surface area contributed by atoms with Crippen molar-refractivity contribution in [1.29, 1.82) is 0 Å². The summed E-state index contributed by atoms with van der Waals surface area (Å²) in [5, 5.41) is 9.25. The van der Waals surface area contributed by atoms with E-state index in [2.05, 4.69) is 0 Å². The summed E-state index contributed by atoms with van der Waals surface area (Å²) in [7, 11) is 0. The first kappa shape index (κ1) is 7.10. The molecule has 0 aromatic heterocycles. The predicted molar refractivity (Wildman–Crippen MR) is 37.5 cm³/mol. The van der Waals surface area contributed by atoms with Gasteiger partial charge in [0.1, 0.15) is 0 Å². The van der Waals surface area contributed by atoms with Gasteiger partial charge in [0.2, 0.25) is 6.29 Å². The quantitative estimate of drug-likeness (QED) is 0.524. The summed E-state index contributed by atoms with van der Waals surface area (Å²) >= 11 is 0. The van der Waals surface area contributed by atoms with E-state index in [1.54, 1.807) is 0 Å². The van der Waals surface area contributed by atoms with Gasteiger partial charge in [0.15, 0.2) is 0 Å². The van der Waals surface area contributed by atoms with Gasteiger partial charge in [0.25, 0.3) is 0 Å². The number of cyclic esters (lactones) is 1.